The van der Waals surface area contributed by atoms with E-state index in [2.05, 4.69) is 19.2 Å². The SMILES string of the molecule is Cc1cc2c(o1)CC(C)(C)CC2NC(=O)C(C)n1c(=O)oc2ccccc21. The van der Waals surface area contributed by atoms with Gasteiger partial charge in [-0.1, -0.05) is 26.0 Å². The predicted octanol–water partition coefficient (Wildman–Crippen LogP) is 3.89. The maximum absolute atomic E-state index is 13.0. The van der Waals surface area contributed by atoms with Crippen LogP contribution >= 0.6 is 0 Å². The molecule has 4 rings (SSSR count). The van der Waals surface area contributed by atoms with Crippen molar-refractivity contribution < 1.29 is 13.6 Å². The molecule has 0 aliphatic heterocycles. The molecule has 1 aliphatic rings. The highest BCUT2D eigenvalue weighted by Crippen LogP contribution is 2.42. The minimum Gasteiger partial charge on any atom is -0.466 e. The van der Waals surface area contributed by atoms with Crippen LogP contribution in [0.2, 0.25) is 0 Å². The molecule has 0 fully saturated rings. The number of benzene rings is 1. The normalized spacial score (nSPS) is 19.6. The van der Waals surface area contributed by atoms with Gasteiger partial charge < -0.3 is 14.2 Å². The minimum absolute atomic E-state index is 0.0254. The fourth-order valence-electron chi connectivity index (χ4n) is 4.07. The topological polar surface area (TPSA) is 77.4 Å². The maximum atomic E-state index is 13.0. The molecule has 2 aromatic heterocycles. The standard InChI is InChI=1S/C21H24N2O4/c1-12-9-14-15(10-21(3,4)11-18(14)26-12)22-19(24)13(2)23-16-7-5-6-8-17(16)27-20(23)25/h5-9,13,15H,10-11H2,1-4H3,(H,22,24). The highest BCUT2D eigenvalue weighted by Gasteiger charge is 2.36. The first kappa shape index (κ1) is 17.6. The van der Waals surface area contributed by atoms with Crippen LogP contribution in [-0.2, 0) is 11.2 Å². The van der Waals surface area contributed by atoms with Gasteiger partial charge in [0.25, 0.3) is 0 Å². The van der Waals surface area contributed by atoms with Gasteiger partial charge in [-0.2, -0.15) is 0 Å². The van der Waals surface area contributed by atoms with E-state index >= 15 is 0 Å². The molecule has 1 amide bonds. The van der Waals surface area contributed by atoms with Crippen molar-refractivity contribution in [1.82, 2.24) is 9.88 Å². The molecule has 6 nitrogen and oxygen atoms in total. The number of rotatable bonds is 3. The Balaban J connectivity index is 1.64. The molecule has 0 saturated carbocycles. The highest BCUT2D eigenvalue weighted by molar-refractivity contribution is 5.83. The first-order chi connectivity index (χ1) is 12.7. The van der Waals surface area contributed by atoms with Crippen molar-refractivity contribution in [2.24, 2.45) is 5.41 Å². The number of nitrogens with zero attached hydrogens (tertiary/aromatic N) is 1. The van der Waals surface area contributed by atoms with E-state index in [-0.39, 0.29) is 17.4 Å². The Morgan fingerprint density at radius 2 is 2.04 bits per heavy atom. The van der Waals surface area contributed by atoms with E-state index in [9.17, 15) is 9.59 Å². The molecule has 0 bridgehead atoms. The summed E-state index contributed by atoms with van der Waals surface area (Å²) in [7, 11) is 0. The molecule has 0 spiro atoms. The zero-order valence-corrected chi connectivity index (χ0v) is 16.0. The summed E-state index contributed by atoms with van der Waals surface area (Å²) in [5, 5.41) is 3.12. The summed E-state index contributed by atoms with van der Waals surface area (Å²) in [5.74, 6) is 1.05. The number of fused-ring (bicyclic) bond motifs is 2. The van der Waals surface area contributed by atoms with Gasteiger partial charge >= 0.3 is 5.76 Å². The summed E-state index contributed by atoms with van der Waals surface area (Å²) in [5.41, 5.74) is 2.16. The highest BCUT2D eigenvalue weighted by atomic mass is 16.4. The number of aromatic nitrogens is 1. The molecule has 1 aliphatic carbocycles. The number of carbonyl (C=O) groups excluding carboxylic acids is 1. The molecule has 27 heavy (non-hydrogen) atoms. The number of carbonyl (C=O) groups is 1. The zero-order valence-electron chi connectivity index (χ0n) is 16.0. The summed E-state index contributed by atoms with van der Waals surface area (Å²) in [6, 6.07) is 8.32. The molecule has 2 atom stereocenters. The van der Waals surface area contributed by atoms with Crippen LogP contribution in [0.3, 0.4) is 0 Å². The van der Waals surface area contributed by atoms with Crippen molar-refractivity contribution in [3.8, 4) is 0 Å². The summed E-state index contributed by atoms with van der Waals surface area (Å²) in [4.78, 5) is 25.3. The first-order valence-corrected chi connectivity index (χ1v) is 9.25. The number of hydrogen-bond donors (Lipinski definition) is 1. The Kier molecular flexibility index (Phi) is 4.02. The lowest BCUT2D eigenvalue weighted by Gasteiger charge is -2.35. The smallest absolute Gasteiger partial charge is 0.420 e. The molecular weight excluding hydrogens is 344 g/mol. The van der Waals surface area contributed by atoms with E-state index in [1.807, 2.05) is 19.1 Å². The number of aryl methyl sites for hydroxylation is 1. The molecular formula is C21H24N2O4. The van der Waals surface area contributed by atoms with Crippen molar-refractivity contribution in [3.63, 3.8) is 0 Å². The van der Waals surface area contributed by atoms with Crippen LogP contribution in [0, 0.1) is 12.3 Å². The lowest BCUT2D eigenvalue weighted by Crippen LogP contribution is -2.40. The second-order valence-corrected chi connectivity index (χ2v) is 8.22. The number of oxazole rings is 1. The van der Waals surface area contributed by atoms with Gasteiger partial charge in [0.1, 0.15) is 17.6 Å². The van der Waals surface area contributed by atoms with Crippen molar-refractivity contribution in [2.75, 3.05) is 0 Å². The van der Waals surface area contributed by atoms with Crippen LogP contribution in [-0.4, -0.2) is 10.5 Å². The van der Waals surface area contributed by atoms with Crippen molar-refractivity contribution >= 4 is 17.0 Å². The van der Waals surface area contributed by atoms with Crippen LogP contribution in [0.5, 0.6) is 0 Å². The zero-order chi connectivity index (χ0) is 19.3. The lowest BCUT2D eigenvalue weighted by atomic mass is 9.74. The van der Waals surface area contributed by atoms with Gasteiger partial charge in [0.05, 0.1) is 11.6 Å². The summed E-state index contributed by atoms with van der Waals surface area (Å²) >= 11 is 0. The third-order valence-corrected chi connectivity index (χ3v) is 5.34. The number of furan rings is 1. The van der Waals surface area contributed by atoms with Crippen LogP contribution in [0.4, 0.5) is 0 Å². The largest absolute Gasteiger partial charge is 0.466 e. The van der Waals surface area contributed by atoms with E-state index in [0.717, 1.165) is 29.9 Å². The Bertz CT molecular complexity index is 1070. The first-order valence-electron chi connectivity index (χ1n) is 9.25. The molecule has 0 radical (unpaired) electrons. The van der Waals surface area contributed by atoms with Crippen LogP contribution in [0.1, 0.15) is 56.4 Å². The summed E-state index contributed by atoms with van der Waals surface area (Å²) in [6.07, 6.45) is 1.67. The molecule has 142 valence electrons. The molecule has 6 heteroatoms. The summed E-state index contributed by atoms with van der Waals surface area (Å²) < 4.78 is 12.5. The third-order valence-electron chi connectivity index (χ3n) is 5.34. The van der Waals surface area contributed by atoms with E-state index < -0.39 is 11.8 Å². The minimum atomic E-state index is -0.678. The Hall–Kier alpha value is -2.76. The Morgan fingerprint density at radius 1 is 1.30 bits per heavy atom. The number of amides is 1. The van der Waals surface area contributed by atoms with E-state index in [1.165, 1.54) is 4.57 Å². The van der Waals surface area contributed by atoms with E-state index in [0.29, 0.717) is 11.1 Å². The van der Waals surface area contributed by atoms with Crippen molar-refractivity contribution in [3.05, 3.63) is 58.0 Å². The van der Waals surface area contributed by atoms with Gasteiger partial charge in [-0.15, -0.1) is 0 Å². The number of para-hydroxylation sites is 2. The Morgan fingerprint density at radius 3 is 2.81 bits per heavy atom. The second-order valence-electron chi connectivity index (χ2n) is 8.22. The quantitative estimate of drug-likeness (QED) is 0.761. The molecule has 2 heterocycles. The van der Waals surface area contributed by atoms with Gasteiger partial charge in [-0.05, 0) is 43.9 Å². The molecule has 2 unspecified atom stereocenters. The number of hydrogen-bond acceptors (Lipinski definition) is 4. The molecule has 0 saturated heterocycles. The molecule has 1 aromatic carbocycles. The number of nitrogens with one attached hydrogen (secondary N) is 1. The van der Waals surface area contributed by atoms with Gasteiger partial charge in [0.2, 0.25) is 5.91 Å². The van der Waals surface area contributed by atoms with Crippen LogP contribution in [0.25, 0.3) is 11.1 Å². The fourth-order valence-corrected chi connectivity index (χ4v) is 4.07. The second kappa shape index (κ2) is 6.15. The molecule has 1 N–H and O–H groups in total. The summed E-state index contributed by atoms with van der Waals surface area (Å²) in [6.45, 7) is 7.98. The third kappa shape index (κ3) is 3.09. The Labute approximate surface area is 157 Å². The lowest BCUT2D eigenvalue weighted by molar-refractivity contribution is -0.125. The van der Waals surface area contributed by atoms with Crippen LogP contribution in [0.15, 0.2) is 44.0 Å². The van der Waals surface area contributed by atoms with E-state index in [1.54, 1.807) is 25.1 Å². The molecule has 3 aromatic rings. The fraction of sp³-hybridized carbons (Fsp3) is 0.429. The average Bonchev–Trinajstić information content (AvgIpc) is 3.11. The monoisotopic (exact) mass is 368 g/mol. The van der Waals surface area contributed by atoms with Gasteiger partial charge in [-0.3, -0.25) is 9.36 Å². The van der Waals surface area contributed by atoms with Gasteiger partial charge in [0.15, 0.2) is 5.58 Å². The average molecular weight is 368 g/mol. The van der Waals surface area contributed by atoms with Crippen molar-refractivity contribution in [2.45, 2.75) is 52.6 Å². The van der Waals surface area contributed by atoms with E-state index in [4.69, 9.17) is 8.83 Å². The van der Waals surface area contributed by atoms with Crippen LogP contribution < -0.4 is 11.1 Å². The predicted molar refractivity (Wildman–Crippen MR) is 102 cm³/mol. The van der Waals surface area contributed by atoms with Gasteiger partial charge in [-0.25, -0.2) is 4.79 Å². The van der Waals surface area contributed by atoms with Crippen molar-refractivity contribution in [1.29, 1.82) is 0 Å². The van der Waals surface area contributed by atoms with Gasteiger partial charge in [0, 0.05) is 12.0 Å². The maximum Gasteiger partial charge on any atom is 0.420 e.